The third-order valence-electron chi connectivity index (χ3n) is 2.53. The Morgan fingerprint density at radius 2 is 2.47 bits per heavy atom. The van der Waals surface area contributed by atoms with Gasteiger partial charge >= 0.3 is 5.97 Å². The van der Waals surface area contributed by atoms with Gasteiger partial charge in [0.1, 0.15) is 0 Å². The molecule has 94 valence electrons. The average molecular weight is 241 g/mol. The summed E-state index contributed by atoms with van der Waals surface area (Å²) in [5, 5.41) is 11.8. The van der Waals surface area contributed by atoms with Crippen LogP contribution in [-0.2, 0) is 27.9 Å². The van der Waals surface area contributed by atoms with E-state index in [1.165, 1.54) is 11.9 Å². The van der Waals surface area contributed by atoms with Crippen LogP contribution >= 0.6 is 0 Å². The molecule has 0 radical (unpaired) electrons. The molecular formula is C9H15N5O3. The van der Waals surface area contributed by atoms with Crippen LogP contribution in [0, 0.1) is 0 Å². The number of morpholine rings is 1. The SMILES string of the molecule is COC(=O)C1CN(Cc2nnn(C)n2)CCO1. The predicted octanol–water partition coefficient (Wildman–Crippen LogP) is -1.42. The molecule has 1 aromatic rings. The zero-order valence-electron chi connectivity index (χ0n) is 9.87. The predicted molar refractivity (Wildman–Crippen MR) is 55.8 cm³/mol. The third kappa shape index (κ3) is 2.98. The molecule has 8 heteroatoms. The van der Waals surface area contributed by atoms with E-state index in [2.05, 4.69) is 20.1 Å². The first kappa shape index (κ1) is 11.9. The molecule has 0 spiro atoms. The number of nitrogens with zero attached hydrogens (tertiary/aromatic N) is 5. The molecule has 0 saturated carbocycles. The molecule has 1 aromatic heterocycles. The lowest BCUT2D eigenvalue weighted by Gasteiger charge is -2.30. The molecule has 0 aromatic carbocycles. The van der Waals surface area contributed by atoms with Gasteiger partial charge in [0, 0.05) is 13.1 Å². The Balaban J connectivity index is 1.91. The van der Waals surface area contributed by atoms with E-state index in [0.29, 0.717) is 25.5 Å². The van der Waals surface area contributed by atoms with Crippen molar-refractivity contribution in [3.8, 4) is 0 Å². The van der Waals surface area contributed by atoms with Crippen LogP contribution in [0.3, 0.4) is 0 Å². The highest BCUT2D eigenvalue weighted by Crippen LogP contribution is 2.08. The van der Waals surface area contributed by atoms with Gasteiger partial charge in [0.15, 0.2) is 11.9 Å². The molecule has 1 fully saturated rings. The normalized spacial score (nSPS) is 21.4. The van der Waals surface area contributed by atoms with E-state index in [1.54, 1.807) is 7.05 Å². The van der Waals surface area contributed by atoms with Gasteiger partial charge < -0.3 is 9.47 Å². The van der Waals surface area contributed by atoms with Gasteiger partial charge in [-0.1, -0.05) is 0 Å². The van der Waals surface area contributed by atoms with Crippen LogP contribution in [0.4, 0.5) is 0 Å². The van der Waals surface area contributed by atoms with Crippen molar-refractivity contribution in [1.82, 2.24) is 25.1 Å². The second-order valence-electron chi connectivity index (χ2n) is 3.81. The molecule has 2 heterocycles. The zero-order valence-corrected chi connectivity index (χ0v) is 9.87. The molecule has 1 saturated heterocycles. The highest BCUT2D eigenvalue weighted by atomic mass is 16.6. The highest BCUT2D eigenvalue weighted by Gasteiger charge is 2.27. The van der Waals surface area contributed by atoms with Crippen LogP contribution in [0.1, 0.15) is 5.82 Å². The number of aryl methyl sites for hydroxylation is 1. The molecule has 1 atom stereocenters. The summed E-state index contributed by atoms with van der Waals surface area (Å²) < 4.78 is 9.98. The summed E-state index contributed by atoms with van der Waals surface area (Å²) >= 11 is 0. The minimum absolute atomic E-state index is 0.346. The van der Waals surface area contributed by atoms with Crippen molar-refractivity contribution in [3.05, 3.63) is 5.82 Å². The summed E-state index contributed by atoms with van der Waals surface area (Å²) in [4.78, 5) is 14.8. The molecular weight excluding hydrogens is 226 g/mol. The van der Waals surface area contributed by atoms with Gasteiger partial charge in [0.25, 0.3) is 0 Å². The molecule has 0 N–H and O–H groups in total. The van der Waals surface area contributed by atoms with E-state index < -0.39 is 6.10 Å². The van der Waals surface area contributed by atoms with Crippen molar-refractivity contribution in [3.63, 3.8) is 0 Å². The highest BCUT2D eigenvalue weighted by molar-refractivity contribution is 5.74. The van der Waals surface area contributed by atoms with Crippen LogP contribution in [0.5, 0.6) is 0 Å². The smallest absolute Gasteiger partial charge is 0.336 e. The summed E-state index contributed by atoms with van der Waals surface area (Å²) in [6, 6.07) is 0. The molecule has 8 nitrogen and oxygen atoms in total. The molecule has 0 amide bonds. The Labute approximate surface area is 98.5 Å². The largest absolute Gasteiger partial charge is 0.467 e. The van der Waals surface area contributed by atoms with Crippen LogP contribution in [0.15, 0.2) is 0 Å². The van der Waals surface area contributed by atoms with Crippen molar-refractivity contribution in [1.29, 1.82) is 0 Å². The van der Waals surface area contributed by atoms with E-state index in [1.807, 2.05) is 4.90 Å². The number of tetrazole rings is 1. The fraction of sp³-hybridized carbons (Fsp3) is 0.778. The number of hydrogen-bond donors (Lipinski definition) is 0. The number of hydrogen-bond acceptors (Lipinski definition) is 7. The van der Waals surface area contributed by atoms with E-state index in [-0.39, 0.29) is 5.97 Å². The maximum Gasteiger partial charge on any atom is 0.336 e. The van der Waals surface area contributed by atoms with Crippen LogP contribution in [-0.4, -0.2) is 64.0 Å². The maximum absolute atomic E-state index is 11.3. The second-order valence-corrected chi connectivity index (χ2v) is 3.81. The number of esters is 1. The number of ether oxygens (including phenoxy) is 2. The Kier molecular flexibility index (Phi) is 3.64. The first-order chi connectivity index (χ1) is 8.19. The standard InChI is InChI=1S/C9H15N5O3/c1-13-11-8(10-12-13)6-14-3-4-17-7(5-14)9(15)16-2/h7H,3-6H2,1-2H3. The molecule has 17 heavy (non-hydrogen) atoms. The summed E-state index contributed by atoms with van der Waals surface area (Å²) in [6.45, 7) is 2.29. The first-order valence-corrected chi connectivity index (χ1v) is 5.33. The van der Waals surface area contributed by atoms with E-state index in [4.69, 9.17) is 4.74 Å². The lowest BCUT2D eigenvalue weighted by atomic mass is 10.2. The molecule has 1 unspecified atom stereocenters. The summed E-state index contributed by atoms with van der Waals surface area (Å²) in [6.07, 6.45) is -0.523. The van der Waals surface area contributed by atoms with Crippen molar-refractivity contribution in [2.45, 2.75) is 12.6 Å². The first-order valence-electron chi connectivity index (χ1n) is 5.33. The van der Waals surface area contributed by atoms with E-state index >= 15 is 0 Å². The lowest BCUT2D eigenvalue weighted by Crippen LogP contribution is -2.46. The number of aromatic nitrogens is 4. The monoisotopic (exact) mass is 241 g/mol. The summed E-state index contributed by atoms with van der Waals surface area (Å²) in [5.41, 5.74) is 0. The van der Waals surface area contributed by atoms with Gasteiger partial charge in [-0.3, -0.25) is 4.90 Å². The molecule has 0 bridgehead atoms. The molecule has 2 rings (SSSR count). The van der Waals surface area contributed by atoms with Gasteiger partial charge in [-0.2, -0.15) is 4.80 Å². The summed E-state index contributed by atoms with van der Waals surface area (Å²) in [5.74, 6) is 0.292. The zero-order chi connectivity index (χ0) is 12.3. The van der Waals surface area contributed by atoms with Crippen LogP contribution in [0.2, 0.25) is 0 Å². The van der Waals surface area contributed by atoms with Crippen LogP contribution < -0.4 is 0 Å². The average Bonchev–Trinajstić information content (AvgIpc) is 2.74. The second kappa shape index (κ2) is 5.19. The van der Waals surface area contributed by atoms with Crippen molar-refractivity contribution in [2.24, 2.45) is 7.05 Å². The van der Waals surface area contributed by atoms with Crippen molar-refractivity contribution < 1.29 is 14.3 Å². The van der Waals surface area contributed by atoms with Gasteiger partial charge in [0.05, 0.1) is 27.3 Å². The number of carbonyl (C=O) groups excluding carboxylic acids is 1. The van der Waals surface area contributed by atoms with E-state index in [9.17, 15) is 4.79 Å². The summed E-state index contributed by atoms with van der Waals surface area (Å²) in [7, 11) is 3.07. The minimum Gasteiger partial charge on any atom is -0.467 e. The maximum atomic E-state index is 11.3. The topological polar surface area (TPSA) is 82.4 Å². The van der Waals surface area contributed by atoms with Gasteiger partial charge in [-0.15, -0.1) is 10.2 Å². The fourth-order valence-corrected chi connectivity index (χ4v) is 1.71. The molecule has 0 aliphatic carbocycles. The van der Waals surface area contributed by atoms with Crippen molar-refractivity contribution >= 4 is 5.97 Å². The molecule has 1 aliphatic heterocycles. The Hall–Kier alpha value is -1.54. The quantitative estimate of drug-likeness (QED) is 0.601. The number of rotatable bonds is 3. The van der Waals surface area contributed by atoms with Gasteiger partial charge in [-0.25, -0.2) is 4.79 Å². The Morgan fingerprint density at radius 1 is 1.65 bits per heavy atom. The lowest BCUT2D eigenvalue weighted by molar-refractivity contribution is -0.160. The number of carbonyl (C=O) groups is 1. The third-order valence-corrected chi connectivity index (χ3v) is 2.53. The van der Waals surface area contributed by atoms with Gasteiger partial charge in [0.2, 0.25) is 0 Å². The Morgan fingerprint density at radius 3 is 3.12 bits per heavy atom. The Bertz CT molecular complexity index is 394. The van der Waals surface area contributed by atoms with Gasteiger partial charge in [-0.05, 0) is 5.21 Å². The number of methoxy groups -OCH3 is 1. The van der Waals surface area contributed by atoms with Crippen LogP contribution in [0.25, 0.3) is 0 Å². The fourth-order valence-electron chi connectivity index (χ4n) is 1.71. The van der Waals surface area contributed by atoms with E-state index in [0.717, 1.165) is 6.54 Å². The minimum atomic E-state index is -0.523. The molecule has 1 aliphatic rings. The van der Waals surface area contributed by atoms with Crippen molar-refractivity contribution in [2.75, 3.05) is 26.8 Å².